The zero-order valence-corrected chi connectivity index (χ0v) is 12.6. The largest absolute Gasteiger partial charge is 0.228 e. The topological polar surface area (TPSA) is 25.8 Å². The van der Waals surface area contributed by atoms with E-state index in [0.717, 1.165) is 27.6 Å². The quantitative estimate of drug-likeness (QED) is 0.576. The van der Waals surface area contributed by atoms with Crippen LogP contribution < -0.4 is 0 Å². The van der Waals surface area contributed by atoms with Crippen molar-refractivity contribution in [1.29, 1.82) is 0 Å². The van der Waals surface area contributed by atoms with Crippen molar-refractivity contribution in [2.75, 3.05) is 0 Å². The smallest absolute Gasteiger partial charge is 0.161 e. The number of hydrogen-bond acceptors (Lipinski definition) is 2. The van der Waals surface area contributed by atoms with Crippen molar-refractivity contribution < 1.29 is 0 Å². The second-order valence-electron chi connectivity index (χ2n) is 4.77. The monoisotopic (exact) mass is 302 g/mol. The molecule has 20 heavy (non-hydrogen) atoms. The maximum Gasteiger partial charge on any atom is 0.161 e. The molecule has 0 N–H and O–H groups in total. The molecule has 0 spiro atoms. The minimum absolute atomic E-state index is 0.463. The summed E-state index contributed by atoms with van der Waals surface area (Å²) in [5.74, 6) is 0.596. The van der Waals surface area contributed by atoms with Crippen LogP contribution in [-0.4, -0.2) is 9.97 Å². The van der Waals surface area contributed by atoms with E-state index < -0.39 is 0 Å². The highest BCUT2D eigenvalue weighted by molar-refractivity contribution is 6.34. The molecule has 1 aromatic heterocycles. The van der Waals surface area contributed by atoms with Gasteiger partial charge < -0.3 is 0 Å². The van der Waals surface area contributed by atoms with Gasteiger partial charge in [-0.2, -0.15) is 0 Å². The molecule has 0 saturated heterocycles. The van der Waals surface area contributed by atoms with Gasteiger partial charge in [0, 0.05) is 16.0 Å². The minimum atomic E-state index is 0.463. The first-order chi connectivity index (χ1) is 9.56. The zero-order chi connectivity index (χ0) is 14.3. The number of rotatable bonds is 1. The lowest BCUT2D eigenvalue weighted by Gasteiger charge is -2.07. The molecule has 100 valence electrons. The Morgan fingerprint density at radius 2 is 1.70 bits per heavy atom. The number of hydrogen-bond donors (Lipinski definition) is 0. The Kier molecular flexibility index (Phi) is 3.36. The molecule has 4 heteroatoms. The normalized spacial score (nSPS) is 11.0. The van der Waals surface area contributed by atoms with Gasteiger partial charge in [-0.25, -0.2) is 9.97 Å². The summed E-state index contributed by atoms with van der Waals surface area (Å²) in [7, 11) is 0. The maximum absolute atomic E-state index is 6.27. The van der Waals surface area contributed by atoms with Gasteiger partial charge in [-0.05, 0) is 37.1 Å². The van der Waals surface area contributed by atoms with Crippen LogP contribution in [0.3, 0.4) is 0 Å². The van der Waals surface area contributed by atoms with Gasteiger partial charge in [-0.15, -0.1) is 0 Å². The summed E-state index contributed by atoms with van der Waals surface area (Å²) >= 11 is 12.4. The van der Waals surface area contributed by atoms with Crippen LogP contribution >= 0.6 is 23.2 Å². The van der Waals surface area contributed by atoms with Gasteiger partial charge in [0.2, 0.25) is 0 Å². The molecule has 3 aromatic rings. The van der Waals surface area contributed by atoms with Crippen LogP contribution in [0.5, 0.6) is 0 Å². The number of fused-ring (bicyclic) bond motifs is 1. The van der Waals surface area contributed by atoms with Crippen molar-refractivity contribution in [3.05, 3.63) is 57.7 Å². The number of nitrogens with zero attached hydrogens (tertiary/aromatic N) is 2. The van der Waals surface area contributed by atoms with Gasteiger partial charge in [0.15, 0.2) is 5.82 Å². The van der Waals surface area contributed by atoms with E-state index in [4.69, 9.17) is 23.2 Å². The first-order valence-corrected chi connectivity index (χ1v) is 7.01. The average Bonchev–Trinajstić information content (AvgIpc) is 2.43. The molecule has 0 aliphatic heterocycles. The van der Waals surface area contributed by atoms with Gasteiger partial charge in [0.1, 0.15) is 5.15 Å². The highest BCUT2D eigenvalue weighted by Crippen LogP contribution is 2.28. The number of aromatic nitrogens is 2. The summed E-state index contributed by atoms with van der Waals surface area (Å²) in [6, 6.07) is 11.7. The number of halogens is 2. The summed E-state index contributed by atoms with van der Waals surface area (Å²) in [5.41, 5.74) is 3.84. The van der Waals surface area contributed by atoms with Crippen molar-refractivity contribution in [2.24, 2.45) is 0 Å². The summed E-state index contributed by atoms with van der Waals surface area (Å²) in [6.45, 7) is 3.97. The summed E-state index contributed by atoms with van der Waals surface area (Å²) in [5, 5.41) is 2.03. The molecule has 2 aromatic carbocycles. The third-order valence-corrected chi connectivity index (χ3v) is 4.01. The predicted octanol–water partition coefficient (Wildman–Crippen LogP) is 5.22. The van der Waals surface area contributed by atoms with E-state index in [-0.39, 0.29) is 0 Å². The first-order valence-electron chi connectivity index (χ1n) is 6.25. The Labute approximate surface area is 127 Å². The van der Waals surface area contributed by atoms with E-state index in [1.54, 1.807) is 0 Å². The predicted molar refractivity (Wildman–Crippen MR) is 84.5 cm³/mol. The van der Waals surface area contributed by atoms with Crippen molar-refractivity contribution in [3.63, 3.8) is 0 Å². The van der Waals surface area contributed by atoms with E-state index >= 15 is 0 Å². The van der Waals surface area contributed by atoms with E-state index in [1.807, 2.05) is 50.2 Å². The Morgan fingerprint density at radius 1 is 0.900 bits per heavy atom. The molecule has 0 amide bonds. The fraction of sp³-hybridized carbons (Fsp3) is 0.125. The zero-order valence-electron chi connectivity index (χ0n) is 11.1. The minimum Gasteiger partial charge on any atom is -0.228 e. The Balaban J connectivity index is 2.26. The van der Waals surface area contributed by atoms with E-state index in [2.05, 4.69) is 9.97 Å². The molecular weight excluding hydrogens is 291 g/mol. The van der Waals surface area contributed by atoms with Crippen LogP contribution in [-0.2, 0) is 0 Å². The van der Waals surface area contributed by atoms with Crippen LogP contribution in [0.1, 0.15) is 11.1 Å². The first kappa shape index (κ1) is 13.3. The molecule has 1 heterocycles. The summed E-state index contributed by atoms with van der Waals surface area (Å²) in [4.78, 5) is 9.00. The standard InChI is InChI=1S/C16H12Cl2N2/c1-9-6-7-11(8-13(9)17)16-19-14-10(2)4-3-5-12(14)15(18)20-16/h3-8H,1-2H3. The van der Waals surface area contributed by atoms with Crippen LogP contribution in [0, 0.1) is 13.8 Å². The number of aryl methyl sites for hydroxylation is 2. The molecule has 0 bridgehead atoms. The van der Waals surface area contributed by atoms with Crippen molar-refractivity contribution in [2.45, 2.75) is 13.8 Å². The lowest BCUT2D eigenvalue weighted by molar-refractivity contribution is 1.21. The van der Waals surface area contributed by atoms with Crippen molar-refractivity contribution in [3.8, 4) is 11.4 Å². The Morgan fingerprint density at radius 3 is 2.45 bits per heavy atom. The lowest BCUT2D eigenvalue weighted by atomic mass is 10.1. The molecule has 0 fully saturated rings. The highest BCUT2D eigenvalue weighted by Gasteiger charge is 2.10. The third kappa shape index (κ3) is 2.26. The number of benzene rings is 2. The molecule has 0 saturated carbocycles. The highest BCUT2D eigenvalue weighted by atomic mass is 35.5. The van der Waals surface area contributed by atoms with Crippen LogP contribution in [0.15, 0.2) is 36.4 Å². The second-order valence-corrected chi connectivity index (χ2v) is 5.54. The van der Waals surface area contributed by atoms with Gasteiger partial charge in [-0.1, -0.05) is 47.5 Å². The molecule has 2 nitrogen and oxygen atoms in total. The fourth-order valence-electron chi connectivity index (χ4n) is 2.12. The summed E-state index contributed by atoms with van der Waals surface area (Å²) in [6.07, 6.45) is 0. The Bertz CT molecular complexity index is 813. The molecule has 0 atom stereocenters. The van der Waals surface area contributed by atoms with Crippen LogP contribution in [0.4, 0.5) is 0 Å². The maximum atomic E-state index is 6.27. The second kappa shape index (κ2) is 5.04. The Hall–Kier alpha value is -1.64. The lowest BCUT2D eigenvalue weighted by Crippen LogP contribution is -1.94. The number of para-hydroxylation sites is 1. The van der Waals surface area contributed by atoms with Gasteiger partial charge in [0.05, 0.1) is 5.52 Å². The van der Waals surface area contributed by atoms with Crippen molar-refractivity contribution >= 4 is 34.1 Å². The molecule has 0 radical (unpaired) electrons. The van der Waals surface area contributed by atoms with Crippen LogP contribution in [0.25, 0.3) is 22.3 Å². The van der Waals surface area contributed by atoms with E-state index in [0.29, 0.717) is 16.0 Å². The molecule has 0 unspecified atom stereocenters. The van der Waals surface area contributed by atoms with E-state index in [1.165, 1.54) is 0 Å². The van der Waals surface area contributed by atoms with Gasteiger partial charge >= 0.3 is 0 Å². The summed E-state index contributed by atoms with van der Waals surface area (Å²) < 4.78 is 0. The molecule has 3 rings (SSSR count). The SMILES string of the molecule is Cc1ccc(-c2nc(Cl)c3cccc(C)c3n2)cc1Cl. The third-order valence-electron chi connectivity index (χ3n) is 3.31. The van der Waals surface area contributed by atoms with Crippen molar-refractivity contribution in [1.82, 2.24) is 9.97 Å². The van der Waals surface area contributed by atoms with E-state index in [9.17, 15) is 0 Å². The van der Waals surface area contributed by atoms with Gasteiger partial charge in [-0.3, -0.25) is 0 Å². The van der Waals surface area contributed by atoms with Crippen LogP contribution in [0.2, 0.25) is 10.2 Å². The molecule has 0 aliphatic carbocycles. The average molecular weight is 303 g/mol. The molecular formula is C16H12Cl2N2. The van der Waals surface area contributed by atoms with Gasteiger partial charge in [0.25, 0.3) is 0 Å². The molecule has 0 aliphatic rings. The fourth-order valence-corrected chi connectivity index (χ4v) is 2.53.